The van der Waals surface area contributed by atoms with Gasteiger partial charge in [-0.15, -0.1) is 11.3 Å². The maximum Gasteiger partial charge on any atom is 0.255 e. The van der Waals surface area contributed by atoms with Gasteiger partial charge in [0.05, 0.1) is 0 Å². The minimum Gasteiger partial charge on any atom is -0.357 e. The Bertz CT molecular complexity index is 1010. The number of piperidine rings is 1. The Kier molecular flexibility index (Phi) is 5.00. The van der Waals surface area contributed by atoms with E-state index in [0.29, 0.717) is 31.1 Å². The molecule has 0 aliphatic carbocycles. The summed E-state index contributed by atoms with van der Waals surface area (Å²) in [4.78, 5) is 44.1. The van der Waals surface area contributed by atoms with Gasteiger partial charge < -0.3 is 15.5 Å². The summed E-state index contributed by atoms with van der Waals surface area (Å²) in [5.74, 6) is -0.810. The van der Waals surface area contributed by atoms with Gasteiger partial charge in [-0.3, -0.25) is 19.7 Å². The molecule has 3 aliphatic heterocycles. The second-order valence-corrected chi connectivity index (χ2v) is 8.98. The fourth-order valence-electron chi connectivity index (χ4n) is 4.46. The molecule has 0 radical (unpaired) electrons. The number of carbonyl (C=O) groups excluding carboxylic acids is 3. The molecule has 5 rings (SSSR count). The molecule has 3 aliphatic rings. The van der Waals surface area contributed by atoms with Crippen molar-refractivity contribution in [2.75, 3.05) is 11.9 Å². The minimum atomic E-state index is -0.594. The largest absolute Gasteiger partial charge is 0.357 e. The van der Waals surface area contributed by atoms with Gasteiger partial charge in [0.25, 0.3) is 5.91 Å². The highest BCUT2D eigenvalue weighted by molar-refractivity contribution is 7.15. The molecule has 156 valence electrons. The fraction of sp³-hybridized carbons (Fsp3) is 0.429. The van der Waals surface area contributed by atoms with E-state index in [1.54, 1.807) is 16.2 Å². The number of rotatable bonds is 5. The monoisotopic (exact) mass is 425 g/mol. The molecule has 0 saturated carbocycles. The van der Waals surface area contributed by atoms with Crippen molar-refractivity contribution in [2.45, 2.75) is 50.9 Å². The Morgan fingerprint density at radius 2 is 2.13 bits per heavy atom. The highest BCUT2D eigenvalue weighted by atomic mass is 32.1. The molecule has 1 aromatic carbocycles. The summed E-state index contributed by atoms with van der Waals surface area (Å²) >= 11 is 1.64. The van der Waals surface area contributed by atoms with Crippen molar-refractivity contribution in [3.8, 4) is 0 Å². The van der Waals surface area contributed by atoms with Gasteiger partial charge >= 0.3 is 0 Å². The van der Waals surface area contributed by atoms with Crippen molar-refractivity contribution >= 4 is 34.2 Å². The minimum absolute atomic E-state index is 0.146. The lowest BCUT2D eigenvalue weighted by molar-refractivity contribution is -0.136. The van der Waals surface area contributed by atoms with Crippen LogP contribution in [-0.4, -0.2) is 40.2 Å². The molecule has 2 saturated heterocycles. The summed E-state index contributed by atoms with van der Waals surface area (Å²) in [6.45, 7) is 1.93. The van der Waals surface area contributed by atoms with Crippen molar-refractivity contribution in [1.82, 2.24) is 20.5 Å². The number of benzene rings is 1. The topological polar surface area (TPSA) is 103 Å². The van der Waals surface area contributed by atoms with E-state index in [9.17, 15) is 14.4 Å². The van der Waals surface area contributed by atoms with Gasteiger partial charge in [-0.25, -0.2) is 4.98 Å². The summed E-state index contributed by atoms with van der Waals surface area (Å²) in [7, 11) is 0. The summed E-state index contributed by atoms with van der Waals surface area (Å²) < 4.78 is 0. The molecule has 8 nitrogen and oxygen atoms in total. The molecular formula is C21H23N5O3S. The fourth-order valence-corrected chi connectivity index (χ4v) is 5.39. The summed E-state index contributed by atoms with van der Waals surface area (Å²) in [6, 6.07) is 5.60. The van der Waals surface area contributed by atoms with Crippen LogP contribution >= 0.6 is 11.3 Å². The first-order valence-corrected chi connectivity index (χ1v) is 11.1. The van der Waals surface area contributed by atoms with E-state index in [0.717, 1.165) is 29.2 Å². The van der Waals surface area contributed by atoms with Crippen molar-refractivity contribution < 1.29 is 14.4 Å². The van der Waals surface area contributed by atoms with Gasteiger partial charge in [-0.05, 0) is 36.9 Å². The number of imide groups is 1. The maximum absolute atomic E-state index is 13.1. The van der Waals surface area contributed by atoms with E-state index in [4.69, 9.17) is 0 Å². The van der Waals surface area contributed by atoms with Crippen LogP contribution in [-0.2, 0) is 22.7 Å². The molecule has 0 spiro atoms. The second kappa shape index (κ2) is 7.81. The number of thiazole rings is 1. The normalized spacial score (nSPS) is 23.6. The molecule has 2 fully saturated rings. The van der Waals surface area contributed by atoms with Crippen LogP contribution < -0.4 is 16.0 Å². The lowest BCUT2D eigenvalue weighted by Crippen LogP contribution is -2.52. The standard InChI is InChI=1S/C21H23N5O3S/c27-17-7-6-15(19(28)25-17)26-11-13-4-1-3-12(18(13)20(26)29)9-23-21-24-10-16(30-21)14-5-2-8-22-14/h1,3-4,10,14-15,22H,2,5-9,11H2,(H,23,24)(H,25,27,28). The Labute approximate surface area is 178 Å². The first kappa shape index (κ1) is 19.2. The van der Waals surface area contributed by atoms with E-state index in [-0.39, 0.29) is 24.1 Å². The number of fused-ring (bicyclic) bond motifs is 1. The number of anilines is 1. The SMILES string of the molecule is O=C1CCC(N2Cc3cccc(CNc4ncc(C5CCCN5)s4)c3C2=O)C(=O)N1. The number of amides is 3. The van der Waals surface area contributed by atoms with Crippen LogP contribution in [0.2, 0.25) is 0 Å². The zero-order valence-electron chi connectivity index (χ0n) is 16.4. The molecule has 30 heavy (non-hydrogen) atoms. The zero-order valence-corrected chi connectivity index (χ0v) is 17.3. The molecule has 2 unspecified atom stereocenters. The average molecular weight is 426 g/mol. The molecule has 0 bridgehead atoms. The van der Waals surface area contributed by atoms with Gasteiger partial charge in [-0.1, -0.05) is 18.2 Å². The van der Waals surface area contributed by atoms with Gasteiger partial charge in [0.15, 0.2) is 5.13 Å². The van der Waals surface area contributed by atoms with Crippen molar-refractivity contribution in [1.29, 1.82) is 0 Å². The maximum atomic E-state index is 13.1. The second-order valence-electron chi connectivity index (χ2n) is 7.92. The van der Waals surface area contributed by atoms with Crippen LogP contribution in [0, 0.1) is 0 Å². The third-order valence-electron chi connectivity index (χ3n) is 6.00. The predicted molar refractivity (Wildman–Crippen MR) is 112 cm³/mol. The first-order chi connectivity index (χ1) is 14.6. The Morgan fingerprint density at radius 1 is 1.23 bits per heavy atom. The summed E-state index contributed by atoms with van der Waals surface area (Å²) in [5.41, 5.74) is 2.46. The smallest absolute Gasteiger partial charge is 0.255 e. The molecule has 4 heterocycles. The number of nitrogens with one attached hydrogen (secondary N) is 3. The van der Waals surface area contributed by atoms with Gasteiger partial charge in [0, 0.05) is 42.2 Å². The number of hydrogen-bond acceptors (Lipinski definition) is 7. The number of nitrogens with zero attached hydrogens (tertiary/aromatic N) is 2. The lowest BCUT2D eigenvalue weighted by atomic mass is 10.0. The molecule has 9 heteroatoms. The molecule has 2 atom stereocenters. The van der Waals surface area contributed by atoms with Gasteiger partial charge in [0.1, 0.15) is 6.04 Å². The van der Waals surface area contributed by atoms with Crippen LogP contribution in [0.3, 0.4) is 0 Å². The van der Waals surface area contributed by atoms with Gasteiger partial charge in [-0.2, -0.15) is 0 Å². The Hall–Kier alpha value is -2.78. The number of carbonyl (C=O) groups is 3. The van der Waals surface area contributed by atoms with E-state index in [2.05, 4.69) is 20.9 Å². The van der Waals surface area contributed by atoms with Crippen LogP contribution in [0.5, 0.6) is 0 Å². The van der Waals surface area contributed by atoms with Crippen molar-refractivity contribution in [3.63, 3.8) is 0 Å². The highest BCUT2D eigenvalue weighted by Gasteiger charge is 2.39. The quantitative estimate of drug-likeness (QED) is 0.633. The highest BCUT2D eigenvalue weighted by Crippen LogP contribution is 2.32. The number of hydrogen-bond donors (Lipinski definition) is 3. The third kappa shape index (κ3) is 3.48. The molecule has 3 amide bonds. The molecular weight excluding hydrogens is 402 g/mol. The summed E-state index contributed by atoms with van der Waals surface area (Å²) in [5, 5.41) is 10.0. The molecule has 3 N–H and O–H groups in total. The van der Waals surface area contributed by atoms with Gasteiger partial charge in [0.2, 0.25) is 11.8 Å². The third-order valence-corrected chi connectivity index (χ3v) is 7.06. The van der Waals surface area contributed by atoms with E-state index in [1.807, 2.05) is 24.4 Å². The van der Waals surface area contributed by atoms with Crippen molar-refractivity contribution in [3.05, 3.63) is 46.0 Å². The van der Waals surface area contributed by atoms with Crippen LogP contribution in [0.1, 0.15) is 58.1 Å². The van der Waals surface area contributed by atoms with Crippen LogP contribution in [0.4, 0.5) is 5.13 Å². The first-order valence-electron chi connectivity index (χ1n) is 10.3. The summed E-state index contributed by atoms with van der Waals surface area (Å²) in [6.07, 6.45) is 4.87. The van der Waals surface area contributed by atoms with Crippen molar-refractivity contribution in [2.24, 2.45) is 0 Å². The zero-order chi connectivity index (χ0) is 20.7. The van der Waals surface area contributed by atoms with E-state index < -0.39 is 6.04 Å². The molecule has 2 aromatic rings. The average Bonchev–Trinajstić information content (AvgIpc) is 3.47. The predicted octanol–water partition coefficient (Wildman–Crippen LogP) is 1.94. The van der Waals surface area contributed by atoms with E-state index in [1.165, 1.54) is 11.3 Å². The molecule has 1 aromatic heterocycles. The lowest BCUT2D eigenvalue weighted by Gasteiger charge is -2.29. The van der Waals surface area contributed by atoms with E-state index >= 15 is 0 Å². The van der Waals surface area contributed by atoms with Crippen LogP contribution in [0.15, 0.2) is 24.4 Å². The van der Waals surface area contributed by atoms with Crippen LogP contribution in [0.25, 0.3) is 0 Å². The Balaban J connectivity index is 1.30. The Morgan fingerprint density at radius 3 is 2.93 bits per heavy atom. The number of aromatic nitrogens is 1.